The molecule has 5 heteroatoms. The van der Waals surface area contributed by atoms with Gasteiger partial charge in [0.1, 0.15) is 0 Å². The number of nitrogens with two attached hydrogens (primary N) is 1. The number of nitrogens with zero attached hydrogens (tertiary/aromatic N) is 2. The first-order valence-electron chi connectivity index (χ1n) is 5.76. The number of amides is 1. The van der Waals surface area contributed by atoms with Crippen molar-refractivity contribution in [3.63, 3.8) is 0 Å². The predicted octanol–water partition coefficient (Wildman–Crippen LogP) is 0.127. The minimum absolute atomic E-state index is 0.0675. The van der Waals surface area contributed by atoms with Crippen LogP contribution in [0.1, 0.15) is 19.3 Å². The van der Waals surface area contributed by atoms with E-state index in [1.807, 2.05) is 12.3 Å². The molecule has 1 aliphatic rings. The first kappa shape index (κ1) is 11.1. The molecule has 1 aliphatic carbocycles. The molecule has 0 radical (unpaired) electrons. The number of aryl methyl sites for hydroxylation is 1. The van der Waals surface area contributed by atoms with E-state index in [9.17, 15) is 4.79 Å². The van der Waals surface area contributed by atoms with Crippen LogP contribution in [0.5, 0.6) is 0 Å². The van der Waals surface area contributed by atoms with Crippen LogP contribution in [0.15, 0.2) is 18.5 Å². The zero-order valence-electron chi connectivity index (χ0n) is 9.30. The molecule has 0 bridgehead atoms. The first-order chi connectivity index (χ1) is 7.79. The summed E-state index contributed by atoms with van der Waals surface area (Å²) in [5, 5.41) is 7.03. The fourth-order valence-corrected chi connectivity index (χ4v) is 1.80. The summed E-state index contributed by atoms with van der Waals surface area (Å²) < 4.78 is 1.76. The van der Waals surface area contributed by atoms with Crippen molar-refractivity contribution < 1.29 is 4.79 Å². The second kappa shape index (κ2) is 5.12. The molecule has 1 unspecified atom stereocenters. The topological polar surface area (TPSA) is 72.9 Å². The number of hydrogen-bond acceptors (Lipinski definition) is 3. The van der Waals surface area contributed by atoms with Crippen LogP contribution in [0.25, 0.3) is 0 Å². The van der Waals surface area contributed by atoms with Crippen LogP contribution in [-0.2, 0) is 11.3 Å². The maximum Gasteiger partial charge on any atom is 0.222 e. The Morgan fingerprint density at radius 3 is 3.00 bits per heavy atom. The fraction of sp³-hybridized carbons (Fsp3) is 0.636. The zero-order valence-corrected chi connectivity index (χ0v) is 9.30. The highest BCUT2D eigenvalue weighted by Crippen LogP contribution is 2.32. The van der Waals surface area contributed by atoms with Crippen molar-refractivity contribution in [2.75, 3.05) is 6.54 Å². The number of carbonyl (C=O) groups excluding carboxylic acids is 1. The van der Waals surface area contributed by atoms with Gasteiger partial charge in [-0.3, -0.25) is 9.48 Å². The molecule has 0 aliphatic heterocycles. The van der Waals surface area contributed by atoms with E-state index in [0.29, 0.717) is 25.4 Å². The van der Waals surface area contributed by atoms with E-state index in [-0.39, 0.29) is 11.9 Å². The highest BCUT2D eigenvalue weighted by molar-refractivity contribution is 5.76. The van der Waals surface area contributed by atoms with E-state index in [1.165, 1.54) is 12.8 Å². The van der Waals surface area contributed by atoms with Crippen LogP contribution < -0.4 is 11.1 Å². The molecule has 1 fully saturated rings. The molecule has 2 rings (SSSR count). The third kappa shape index (κ3) is 3.06. The maximum absolute atomic E-state index is 11.6. The Bertz CT molecular complexity index is 332. The third-order valence-electron chi connectivity index (χ3n) is 2.92. The van der Waals surface area contributed by atoms with Crippen molar-refractivity contribution in [2.45, 2.75) is 31.8 Å². The Morgan fingerprint density at radius 1 is 1.62 bits per heavy atom. The van der Waals surface area contributed by atoms with E-state index < -0.39 is 0 Å². The van der Waals surface area contributed by atoms with Gasteiger partial charge >= 0.3 is 0 Å². The lowest BCUT2D eigenvalue weighted by atomic mass is 10.2. The smallest absolute Gasteiger partial charge is 0.222 e. The Hall–Kier alpha value is -1.36. The molecular formula is C11H18N4O. The zero-order chi connectivity index (χ0) is 11.4. The van der Waals surface area contributed by atoms with Gasteiger partial charge in [-0.1, -0.05) is 0 Å². The van der Waals surface area contributed by atoms with Gasteiger partial charge in [0.15, 0.2) is 0 Å². The summed E-state index contributed by atoms with van der Waals surface area (Å²) in [6.45, 7) is 1.17. The summed E-state index contributed by atoms with van der Waals surface area (Å²) in [5.74, 6) is 0.677. The van der Waals surface area contributed by atoms with Gasteiger partial charge in [-0.25, -0.2) is 0 Å². The Kier molecular flexibility index (Phi) is 3.56. The summed E-state index contributed by atoms with van der Waals surface area (Å²) in [7, 11) is 0. The standard InChI is InChI=1S/C11H18N4O/c12-8-10(9-2-3-9)14-11(16)4-7-15-6-1-5-13-15/h1,5-6,9-10H,2-4,7-8,12H2,(H,14,16). The highest BCUT2D eigenvalue weighted by atomic mass is 16.1. The van der Waals surface area contributed by atoms with Gasteiger partial charge in [-0.05, 0) is 24.8 Å². The quantitative estimate of drug-likeness (QED) is 0.718. The molecule has 1 aromatic heterocycles. The summed E-state index contributed by atoms with van der Waals surface area (Å²) in [6.07, 6.45) is 6.42. The summed E-state index contributed by atoms with van der Waals surface area (Å²) in [5.41, 5.74) is 5.62. The van der Waals surface area contributed by atoms with E-state index >= 15 is 0 Å². The highest BCUT2D eigenvalue weighted by Gasteiger charge is 2.30. The van der Waals surface area contributed by atoms with Gasteiger partial charge in [0.25, 0.3) is 0 Å². The molecule has 3 N–H and O–H groups in total. The van der Waals surface area contributed by atoms with E-state index in [0.717, 1.165) is 0 Å². The fourth-order valence-electron chi connectivity index (χ4n) is 1.80. The van der Waals surface area contributed by atoms with E-state index in [4.69, 9.17) is 5.73 Å². The molecule has 16 heavy (non-hydrogen) atoms. The molecular weight excluding hydrogens is 204 g/mol. The molecule has 88 valence electrons. The summed E-state index contributed by atoms with van der Waals surface area (Å²) in [6, 6.07) is 2.02. The van der Waals surface area contributed by atoms with Crippen LogP contribution in [0.2, 0.25) is 0 Å². The van der Waals surface area contributed by atoms with Crippen molar-refractivity contribution in [1.82, 2.24) is 15.1 Å². The molecule has 1 saturated carbocycles. The minimum Gasteiger partial charge on any atom is -0.352 e. The normalized spacial score (nSPS) is 17.1. The largest absolute Gasteiger partial charge is 0.352 e. The maximum atomic E-state index is 11.6. The van der Waals surface area contributed by atoms with Crippen molar-refractivity contribution in [2.24, 2.45) is 11.7 Å². The molecule has 5 nitrogen and oxygen atoms in total. The summed E-state index contributed by atoms with van der Waals surface area (Å²) in [4.78, 5) is 11.6. The van der Waals surface area contributed by atoms with Crippen LogP contribution in [-0.4, -0.2) is 28.3 Å². The lowest BCUT2D eigenvalue weighted by Gasteiger charge is -2.15. The van der Waals surface area contributed by atoms with E-state index in [1.54, 1.807) is 10.9 Å². The van der Waals surface area contributed by atoms with Crippen molar-refractivity contribution in [3.05, 3.63) is 18.5 Å². The number of rotatable bonds is 6. The average Bonchev–Trinajstić information content (AvgIpc) is 3.00. The van der Waals surface area contributed by atoms with Crippen molar-refractivity contribution in [1.29, 1.82) is 0 Å². The Morgan fingerprint density at radius 2 is 2.44 bits per heavy atom. The summed E-state index contributed by atoms with van der Waals surface area (Å²) >= 11 is 0. The van der Waals surface area contributed by atoms with Crippen molar-refractivity contribution >= 4 is 5.91 Å². The second-order valence-electron chi connectivity index (χ2n) is 4.27. The Balaban J connectivity index is 1.71. The number of carbonyl (C=O) groups is 1. The predicted molar refractivity (Wildman–Crippen MR) is 60.6 cm³/mol. The van der Waals surface area contributed by atoms with Gasteiger partial charge in [0.05, 0.1) is 0 Å². The second-order valence-corrected chi connectivity index (χ2v) is 4.27. The molecule has 0 saturated heterocycles. The lowest BCUT2D eigenvalue weighted by Crippen LogP contribution is -2.42. The SMILES string of the molecule is NCC(NC(=O)CCn1cccn1)C1CC1. The van der Waals surface area contributed by atoms with Gasteiger partial charge in [0, 0.05) is 37.9 Å². The van der Waals surface area contributed by atoms with Crippen LogP contribution in [0.3, 0.4) is 0 Å². The van der Waals surface area contributed by atoms with Gasteiger partial charge in [0.2, 0.25) is 5.91 Å². The molecule has 1 aromatic rings. The van der Waals surface area contributed by atoms with Gasteiger partial charge < -0.3 is 11.1 Å². The van der Waals surface area contributed by atoms with Gasteiger partial charge in [-0.15, -0.1) is 0 Å². The molecule has 1 atom stereocenters. The minimum atomic E-state index is 0.0675. The molecule has 0 aromatic carbocycles. The Labute approximate surface area is 95.0 Å². The third-order valence-corrected chi connectivity index (χ3v) is 2.92. The van der Waals surface area contributed by atoms with Gasteiger partial charge in [-0.2, -0.15) is 5.10 Å². The van der Waals surface area contributed by atoms with Crippen LogP contribution in [0, 0.1) is 5.92 Å². The molecule has 1 amide bonds. The van der Waals surface area contributed by atoms with Crippen LogP contribution in [0.4, 0.5) is 0 Å². The number of aromatic nitrogens is 2. The molecule has 0 spiro atoms. The number of hydrogen-bond donors (Lipinski definition) is 2. The molecule has 1 heterocycles. The first-order valence-corrected chi connectivity index (χ1v) is 5.76. The van der Waals surface area contributed by atoms with E-state index in [2.05, 4.69) is 10.4 Å². The van der Waals surface area contributed by atoms with Crippen molar-refractivity contribution in [3.8, 4) is 0 Å². The monoisotopic (exact) mass is 222 g/mol. The lowest BCUT2D eigenvalue weighted by molar-refractivity contribution is -0.122. The average molecular weight is 222 g/mol. The number of nitrogens with one attached hydrogen (secondary N) is 1. The van der Waals surface area contributed by atoms with Crippen LogP contribution >= 0.6 is 0 Å².